The molecule has 5 heterocycles. The minimum absolute atomic E-state index is 0.00988. The van der Waals surface area contributed by atoms with Crippen LogP contribution >= 0.6 is 0 Å². The van der Waals surface area contributed by atoms with Gasteiger partial charge in [-0.05, 0) is 63.1 Å². The molecule has 3 fully saturated rings. The van der Waals surface area contributed by atoms with E-state index < -0.39 is 50.7 Å². The molecule has 7 rings (SSSR count). The summed E-state index contributed by atoms with van der Waals surface area (Å²) in [5, 5.41) is 0.337. The lowest BCUT2D eigenvalue weighted by Crippen LogP contribution is -2.63. The molecule has 12 nitrogen and oxygen atoms in total. The van der Waals surface area contributed by atoms with E-state index in [4.69, 9.17) is 4.74 Å². The quantitative estimate of drug-likeness (QED) is 0.177. The Bertz CT molecular complexity index is 2130. The molecule has 2 aromatic carbocycles. The second kappa shape index (κ2) is 14.4. The van der Waals surface area contributed by atoms with E-state index in [0.29, 0.717) is 29.2 Å². The number of piperazine rings is 1. The van der Waals surface area contributed by atoms with Crippen LogP contribution in [0.1, 0.15) is 43.1 Å². The maximum atomic E-state index is 15.7. The van der Waals surface area contributed by atoms with Crippen LogP contribution in [0, 0.1) is 11.6 Å². The molecular weight excluding hydrogens is 712 g/mol. The van der Waals surface area contributed by atoms with Gasteiger partial charge in [-0.15, -0.1) is 0 Å². The van der Waals surface area contributed by atoms with Gasteiger partial charge in [0.2, 0.25) is 5.78 Å². The van der Waals surface area contributed by atoms with Crippen molar-refractivity contribution in [3.05, 3.63) is 77.6 Å². The van der Waals surface area contributed by atoms with E-state index in [1.807, 2.05) is 49.8 Å². The molecule has 4 aromatic rings. The Morgan fingerprint density at radius 2 is 1.70 bits per heavy atom. The fourth-order valence-corrected chi connectivity index (χ4v) is 8.37. The lowest BCUT2D eigenvalue weighted by atomic mass is 9.99. The number of hydrogen-bond acceptors (Lipinski definition) is 9. The predicted molar refractivity (Wildman–Crippen MR) is 195 cm³/mol. The number of rotatable bonds is 10. The Morgan fingerprint density at radius 1 is 0.981 bits per heavy atom. The molecule has 2 aromatic heterocycles. The highest BCUT2D eigenvalue weighted by molar-refractivity contribution is 7.90. The third-order valence-electron chi connectivity index (χ3n) is 9.87. The first-order valence-electron chi connectivity index (χ1n) is 17.6. The minimum atomic E-state index is -4.34. The molecule has 3 saturated heterocycles. The second-order valence-electron chi connectivity index (χ2n) is 14.8. The summed E-state index contributed by atoms with van der Waals surface area (Å²) in [4.78, 5) is 40.0. The topological polar surface area (TPSA) is 131 Å². The van der Waals surface area contributed by atoms with Gasteiger partial charge in [0.1, 0.15) is 23.2 Å². The first-order valence-corrected chi connectivity index (χ1v) is 19.0. The van der Waals surface area contributed by atoms with Gasteiger partial charge in [-0.2, -0.15) is 12.7 Å². The van der Waals surface area contributed by atoms with Crippen LogP contribution in [0.2, 0.25) is 0 Å². The van der Waals surface area contributed by atoms with Crippen molar-refractivity contribution in [1.29, 1.82) is 0 Å². The highest BCUT2D eigenvalue weighted by Crippen LogP contribution is 2.31. The van der Waals surface area contributed by atoms with E-state index >= 15 is 8.78 Å². The number of carbonyl (C=O) groups excluding carboxylic acids is 2. The van der Waals surface area contributed by atoms with Crippen LogP contribution in [-0.2, 0) is 19.7 Å². The van der Waals surface area contributed by atoms with Crippen molar-refractivity contribution in [1.82, 2.24) is 24.1 Å². The zero-order valence-electron chi connectivity index (χ0n) is 29.7. The number of anilines is 2. The van der Waals surface area contributed by atoms with E-state index in [9.17, 15) is 22.4 Å². The van der Waals surface area contributed by atoms with Crippen molar-refractivity contribution in [3.8, 4) is 11.1 Å². The number of ketones is 1. The number of ether oxygens (including phenoxy) is 1. The normalized spacial score (nSPS) is 19.4. The summed E-state index contributed by atoms with van der Waals surface area (Å²) in [6, 6.07) is 11.8. The fraction of sp³-hybridized carbons (Fsp3) is 0.432. The monoisotopic (exact) mass is 753 g/mol. The van der Waals surface area contributed by atoms with Gasteiger partial charge in [0.15, 0.2) is 5.82 Å². The van der Waals surface area contributed by atoms with Crippen molar-refractivity contribution in [2.24, 2.45) is 0 Å². The lowest BCUT2D eigenvalue weighted by molar-refractivity contribution is -0.158. The molecule has 0 unspecified atom stereocenters. The van der Waals surface area contributed by atoms with Crippen LogP contribution in [0.15, 0.2) is 54.9 Å². The first-order chi connectivity index (χ1) is 25.1. The van der Waals surface area contributed by atoms with Gasteiger partial charge >= 0.3 is 16.2 Å². The summed E-state index contributed by atoms with van der Waals surface area (Å²) in [7, 11) is -4.34. The number of nitrogens with one attached hydrogen (secondary N) is 2. The van der Waals surface area contributed by atoms with Crippen LogP contribution in [0.4, 0.5) is 24.5 Å². The zero-order chi connectivity index (χ0) is 37.7. The first kappa shape index (κ1) is 36.8. The average Bonchev–Trinajstić information content (AvgIpc) is 3.73. The highest BCUT2D eigenvalue weighted by Gasteiger charge is 2.36. The number of carbonyl (C=O) groups is 2. The highest BCUT2D eigenvalue weighted by atomic mass is 32.2. The summed E-state index contributed by atoms with van der Waals surface area (Å²) in [6.45, 7) is 10.7. The van der Waals surface area contributed by atoms with Gasteiger partial charge in [0, 0.05) is 93.0 Å². The molecule has 16 heteroatoms. The molecule has 0 amide bonds. The Morgan fingerprint density at radius 3 is 2.36 bits per heavy atom. The summed E-state index contributed by atoms with van der Waals surface area (Å²) in [5.74, 6) is -3.74. The number of H-pyrrole nitrogens is 1. The average molecular weight is 754 g/mol. The van der Waals surface area contributed by atoms with E-state index in [2.05, 4.69) is 24.7 Å². The Kier molecular flexibility index (Phi) is 9.99. The standard InChI is InChI=1S/C37H42F3N7O5S/c1-37(2,3)52-32(48)22-44-20-27(21-44)46-14-12-45(13-15-46)26-6-4-23(5-7-26)24-16-28-29(18-42-36(28)41-17-24)35(49)33-30(39)8-9-31(34(33)40)43-53(50,51)47-11-10-25(38)19-47/h4-9,16-18,25,27,43H,10-15,19-22H2,1-3H3,(H,41,42)/t25-/m1/s1. The molecule has 0 spiro atoms. The number of likely N-dealkylation sites (tertiary alicyclic amines) is 1. The van der Waals surface area contributed by atoms with Crippen LogP contribution in [0.3, 0.4) is 0 Å². The molecule has 3 aliphatic rings. The molecule has 53 heavy (non-hydrogen) atoms. The van der Waals surface area contributed by atoms with Crippen LogP contribution in [0.5, 0.6) is 0 Å². The SMILES string of the molecule is CC(C)(C)OC(=O)CN1CC(N2CCN(c3ccc(-c4cnc5[nH]cc(C(=O)c6c(F)ccc(NS(=O)(=O)N7CC[C@@H](F)C7)c6F)c5c4)cc3)CC2)C1. The third kappa shape index (κ3) is 7.91. The number of aromatic nitrogens is 2. The number of nitrogens with zero attached hydrogens (tertiary/aromatic N) is 5. The molecule has 2 N–H and O–H groups in total. The van der Waals surface area contributed by atoms with Crippen molar-refractivity contribution in [2.75, 3.05) is 68.5 Å². The number of halogens is 3. The Hall–Kier alpha value is -4.51. The largest absolute Gasteiger partial charge is 0.459 e. The second-order valence-corrected chi connectivity index (χ2v) is 16.5. The van der Waals surface area contributed by atoms with Gasteiger partial charge in [0.25, 0.3) is 0 Å². The predicted octanol–water partition coefficient (Wildman–Crippen LogP) is 4.59. The lowest BCUT2D eigenvalue weighted by Gasteiger charge is -2.48. The van der Waals surface area contributed by atoms with Gasteiger partial charge in [-0.25, -0.2) is 18.2 Å². The zero-order valence-corrected chi connectivity index (χ0v) is 30.6. The smallest absolute Gasteiger partial charge is 0.320 e. The van der Waals surface area contributed by atoms with E-state index in [1.165, 1.54) is 6.20 Å². The number of alkyl halides is 1. The Balaban J connectivity index is 1.00. The number of esters is 1. The van der Waals surface area contributed by atoms with Gasteiger partial charge in [0.05, 0.1) is 17.8 Å². The van der Waals surface area contributed by atoms with Crippen molar-refractivity contribution in [2.45, 2.75) is 45.0 Å². The molecule has 0 radical (unpaired) electrons. The number of fused-ring (bicyclic) bond motifs is 1. The van der Waals surface area contributed by atoms with Gasteiger partial charge in [-0.1, -0.05) is 12.1 Å². The molecule has 282 valence electrons. The molecule has 0 saturated carbocycles. The van der Waals surface area contributed by atoms with Crippen LogP contribution in [0.25, 0.3) is 22.2 Å². The summed E-state index contributed by atoms with van der Waals surface area (Å²) >= 11 is 0. The van der Waals surface area contributed by atoms with Crippen molar-refractivity contribution >= 4 is 44.4 Å². The van der Waals surface area contributed by atoms with Crippen LogP contribution in [-0.4, -0.2) is 121 Å². The number of aromatic amines is 1. The van der Waals surface area contributed by atoms with E-state index in [-0.39, 0.29) is 31.0 Å². The number of pyridine rings is 1. The molecule has 0 bridgehead atoms. The Labute approximate surface area is 306 Å². The summed E-state index contributed by atoms with van der Waals surface area (Å²) in [5.41, 5.74) is 0.826. The van der Waals surface area contributed by atoms with Gasteiger partial charge < -0.3 is 14.6 Å². The maximum Gasteiger partial charge on any atom is 0.320 e. The van der Waals surface area contributed by atoms with Crippen molar-refractivity contribution < 1.29 is 35.9 Å². The molecule has 0 aliphatic carbocycles. The van der Waals surface area contributed by atoms with Gasteiger partial charge in [-0.3, -0.25) is 24.1 Å². The summed E-state index contributed by atoms with van der Waals surface area (Å²) in [6.07, 6.45) is 1.63. The number of benzene rings is 2. The van der Waals surface area contributed by atoms with Crippen molar-refractivity contribution in [3.63, 3.8) is 0 Å². The third-order valence-corrected chi connectivity index (χ3v) is 11.4. The molecular formula is C37H42F3N7O5S. The van der Waals surface area contributed by atoms with E-state index in [0.717, 1.165) is 67.0 Å². The molecule has 1 atom stereocenters. The molecule has 3 aliphatic heterocycles. The van der Waals surface area contributed by atoms with Crippen LogP contribution < -0.4 is 9.62 Å². The maximum absolute atomic E-state index is 15.7. The number of hydrogen-bond donors (Lipinski definition) is 2. The summed E-state index contributed by atoms with van der Waals surface area (Å²) < 4.78 is 78.1. The van der Waals surface area contributed by atoms with E-state index in [1.54, 1.807) is 12.3 Å². The minimum Gasteiger partial charge on any atom is -0.459 e. The fourth-order valence-electron chi connectivity index (χ4n) is 7.10.